The number of ether oxygens (including phenoxy) is 1. The minimum atomic E-state index is -4.69. The van der Waals surface area contributed by atoms with Crippen LogP contribution in [0.25, 0.3) is 0 Å². The first-order valence-corrected chi connectivity index (χ1v) is 15.0. The zero-order chi connectivity index (χ0) is 29.3. The second kappa shape index (κ2) is 12.1. The quantitative estimate of drug-likeness (QED) is 0.544. The molecule has 1 unspecified atom stereocenters. The van der Waals surface area contributed by atoms with E-state index in [1.165, 1.54) is 31.7 Å². The number of hydrogen-bond acceptors (Lipinski definition) is 7. The van der Waals surface area contributed by atoms with E-state index < -0.39 is 17.4 Å². The van der Waals surface area contributed by atoms with Gasteiger partial charge in [0.2, 0.25) is 0 Å². The average molecular weight is 583 g/mol. The van der Waals surface area contributed by atoms with Gasteiger partial charge in [0.25, 0.3) is 5.91 Å². The molecule has 11 heteroatoms. The standard InChI is InChI=1S/C31H37F3N6O2/c32-31(33,34)28-17-27(19-37-29(28)18-35)42-26-15-24-5-6-25(16-26)40(24)30(41)22-1-3-23(4-2-22)39-13-11-38(12-14-39)20-21-7-9-36-10-8-21/h1-4,17,19,21,24-26,36H,5-16,20H2/t24-,25+,26?. The van der Waals surface area contributed by atoms with E-state index in [0.29, 0.717) is 18.4 Å². The Labute approximate surface area is 244 Å². The molecule has 1 aromatic carbocycles. The zero-order valence-corrected chi connectivity index (χ0v) is 23.7. The molecule has 0 spiro atoms. The van der Waals surface area contributed by atoms with Gasteiger partial charge in [-0.25, -0.2) is 4.98 Å². The first-order chi connectivity index (χ1) is 20.3. The Morgan fingerprint density at radius 2 is 1.69 bits per heavy atom. The van der Waals surface area contributed by atoms with Crippen LogP contribution in [0.1, 0.15) is 60.1 Å². The molecule has 4 aliphatic rings. The number of pyridine rings is 1. The number of carbonyl (C=O) groups excluding carboxylic acids is 1. The van der Waals surface area contributed by atoms with Gasteiger partial charge < -0.3 is 19.9 Å². The molecule has 3 atom stereocenters. The Balaban J connectivity index is 1.03. The molecule has 4 saturated heterocycles. The van der Waals surface area contributed by atoms with Crippen molar-refractivity contribution in [2.24, 2.45) is 5.92 Å². The molecule has 6 rings (SSSR count). The Morgan fingerprint density at radius 3 is 2.31 bits per heavy atom. The van der Waals surface area contributed by atoms with Gasteiger partial charge in [0.15, 0.2) is 5.69 Å². The van der Waals surface area contributed by atoms with Crippen LogP contribution in [-0.2, 0) is 6.18 Å². The lowest BCUT2D eigenvalue weighted by molar-refractivity contribution is -0.138. The van der Waals surface area contributed by atoms with Crippen molar-refractivity contribution in [1.29, 1.82) is 5.26 Å². The lowest BCUT2D eigenvalue weighted by Gasteiger charge is -2.39. The fraction of sp³-hybridized carbons (Fsp3) is 0.581. The first kappa shape index (κ1) is 28.7. The molecule has 1 N–H and O–H groups in total. The normalized spacial score (nSPS) is 25.3. The van der Waals surface area contributed by atoms with Crippen LogP contribution >= 0.6 is 0 Å². The third-order valence-corrected chi connectivity index (χ3v) is 9.33. The summed E-state index contributed by atoms with van der Waals surface area (Å²) in [5, 5.41) is 12.4. The maximum absolute atomic E-state index is 13.6. The van der Waals surface area contributed by atoms with Gasteiger partial charge in [-0.15, -0.1) is 0 Å². The predicted molar refractivity (Wildman–Crippen MR) is 151 cm³/mol. The van der Waals surface area contributed by atoms with Crippen LogP contribution in [-0.4, -0.2) is 84.7 Å². The number of carbonyl (C=O) groups is 1. The number of rotatable bonds is 6. The highest BCUT2D eigenvalue weighted by Crippen LogP contribution is 2.39. The van der Waals surface area contributed by atoms with Crippen molar-refractivity contribution in [3.63, 3.8) is 0 Å². The minimum Gasteiger partial charge on any atom is -0.489 e. The van der Waals surface area contributed by atoms with Crippen LogP contribution in [0.15, 0.2) is 36.5 Å². The van der Waals surface area contributed by atoms with Crippen molar-refractivity contribution in [3.05, 3.63) is 53.3 Å². The topological polar surface area (TPSA) is 84.7 Å². The largest absolute Gasteiger partial charge is 0.489 e. The Hall–Kier alpha value is -3.36. The van der Waals surface area contributed by atoms with Crippen molar-refractivity contribution in [1.82, 2.24) is 20.1 Å². The van der Waals surface area contributed by atoms with E-state index in [2.05, 4.69) is 20.1 Å². The number of piperidine rings is 2. The molecule has 1 aromatic heterocycles. The van der Waals surface area contributed by atoms with Crippen molar-refractivity contribution in [2.75, 3.05) is 50.7 Å². The number of nitrogens with one attached hydrogen (secondary N) is 1. The molecule has 42 heavy (non-hydrogen) atoms. The summed E-state index contributed by atoms with van der Waals surface area (Å²) in [7, 11) is 0. The molecule has 5 heterocycles. The van der Waals surface area contributed by atoms with Gasteiger partial charge in [0, 0.05) is 68.9 Å². The van der Waals surface area contributed by atoms with E-state index in [0.717, 1.165) is 69.8 Å². The number of aromatic nitrogens is 1. The van der Waals surface area contributed by atoms with E-state index in [4.69, 9.17) is 10.00 Å². The predicted octanol–water partition coefficient (Wildman–Crippen LogP) is 4.31. The number of amides is 1. The third kappa shape index (κ3) is 6.20. The minimum absolute atomic E-state index is 0.00121. The number of fused-ring (bicyclic) bond motifs is 2. The number of alkyl halides is 3. The summed E-state index contributed by atoms with van der Waals surface area (Å²) in [6, 6.07) is 10.2. The molecule has 8 nitrogen and oxygen atoms in total. The number of anilines is 1. The zero-order valence-electron chi connectivity index (χ0n) is 23.7. The number of nitriles is 1. The average Bonchev–Trinajstić information content (AvgIpc) is 3.27. The summed E-state index contributed by atoms with van der Waals surface area (Å²) < 4.78 is 46.0. The van der Waals surface area contributed by atoms with Gasteiger partial charge in [-0.1, -0.05) is 0 Å². The molecule has 0 aliphatic carbocycles. The second-order valence-electron chi connectivity index (χ2n) is 12.0. The molecule has 2 aromatic rings. The SMILES string of the molecule is N#Cc1ncc(OC2C[C@H]3CC[C@@H](C2)N3C(=O)c2ccc(N3CCN(CC4CCNCC4)CC3)cc2)cc1C(F)(F)F. The van der Waals surface area contributed by atoms with Gasteiger partial charge in [0.05, 0.1) is 11.8 Å². The fourth-order valence-electron chi connectivity index (χ4n) is 7.14. The monoisotopic (exact) mass is 582 g/mol. The highest BCUT2D eigenvalue weighted by Gasteiger charge is 2.44. The lowest BCUT2D eigenvalue weighted by atomic mass is 9.97. The molecule has 224 valence electrons. The second-order valence-corrected chi connectivity index (χ2v) is 12.0. The summed E-state index contributed by atoms with van der Waals surface area (Å²) >= 11 is 0. The van der Waals surface area contributed by atoms with E-state index >= 15 is 0 Å². The fourth-order valence-corrected chi connectivity index (χ4v) is 7.14. The van der Waals surface area contributed by atoms with Crippen LogP contribution in [0, 0.1) is 17.2 Å². The lowest BCUT2D eigenvalue weighted by Crippen LogP contribution is -2.49. The van der Waals surface area contributed by atoms with E-state index in [-0.39, 0.29) is 29.8 Å². The number of nitrogens with zero attached hydrogens (tertiary/aromatic N) is 5. The summed E-state index contributed by atoms with van der Waals surface area (Å²) in [5.41, 5.74) is 0.0277. The van der Waals surface area contributed by atoms with Crippen molar-refractivity contribution < 1.29 is 22.7 Å². The van der Waals surface area contributed by atoms with Crippen LogP contribution in [0.4, 0.5) is 18.9 Å². The van der Waals surface area contributed by atoms with Gasteiger partial charge in [-0.05, 0) is 75.0 Å². The third-order valence-electron chi connectivity index (χ3n) is 9.33. The van der Waals surface area contributed by atoms with E-state index in [1.807, 2.05) is 29.2 Å². The van der Waals surface area contributed by atoms with Gasteiger partial charge in [0.1, 0.15) is 17.9 Å². The first-order valence-electron chi connectivity index (χ1n) is 15.0. The number of halogens is 3. The number of hydrogen-bond donors (Lipinski definition) is 1. The van der Waals surface area contributed by atoms with Crippen LogP contribution in [0.3, 0.4) is 0 Å². The Morgan fingerprint density at radius 1 is 1.02 bits per heavy atom. The molecular formula is C31H37F3N6O2. The van der Waals surface area contributed by atoms with Crippen LogP contribution in [0.2, 0.25) is 0 Å². The summed E-state index contributed by atoms with van der Waals surface area (Å²) in [6.07, 6.45) is 1.46. The molecule has 4 aliphatic heterocycles. The Kier molecular flexibility index (Phi) is 8.28. The molecule has 0 radical (unpaired) electrons. The number of benzene rings is 1. The van der Waals surface area contributed by atoms with E-state index in [9.17, 15) is 18.0 Å². The van der Waals surface area contributed by atoms with Gasteiger partial charge in [-0.3, -0.25) is 9.69 Å². The van der Waals surface area contributed by atoms with Crippen molar-refractivity contribution in [2.45, 2.75) is 62.9 Å². The highest BCUT2D eigenvalue weighted by molar-refractivity contribution is 5.95. The van der Waals surface area contributed by atoms with E-state index in [1.54, 1.807) is 0 Å². The summed E-state index contributed by atoms with van der Waals surface area (Å²) in [5.74, 6) is 0.789. The summed E-state index contributed by atoms with van der Waals surface area (Å²) in [6.45, 7) is 7.52. The highest BCUT2D eigenvalue weighted by atomic mass is 19.4. The van der Waals surface area contributed by atoms with Gasteiger partial charge >= 0.3 is 6.18 Å². The summed E-state index contributed by atoms with van der Waals surface area (Å²) in [4.78, 5) is 24.1. The maximum Gasteiger partial charge on any atom is 0.419 e. The maximum atomic E-state index is 13.6. The molecular weight excluding hydrogens is 545 g/mol. The number of piperazine rings is 1. The Bertz CT molecular complexity index is 1290. The molecule has 4 fully saturated rings. The molecule has 1 amide bonds. The van der Waals surface area contributed by atoms with Gasteiger partial charge in [-0.2, -0.15) is 18.4 Å². The van der Waals surface area contributed by atoms with Crippen LogP contribution < -0.4 is 15.0 Å². The van der Waals surface area contributed by atoms with Crippen molar-refractivity contribution in [3.8, 4) is 11.8 Å². The van der Waals surface area contributed by atoms with Crippen molar-refractivity contribution >= 4 is 11.6 Å². The smallest absolute Gasteiger partial charge is 0.419 e. The molecule has 2 bridgehead atoms. The molecule has 0 saturated carbocycles. The van der Waals surface area contributed by atoms with Crippen LogP contribution in [0.5, 0.6) is 5.75 Å².